The molecule has 2 aromatic rings. The average Bonchev–Trinajstić information content (AvgIpc) is 2.72. The van der Waals surface area contributed by atoms with Crippen LogP contribution >= 0.6 is 0 Å². The zero-order valence-electron chi connectivity index (χ0n) is 18.4. The molecule has 1 aliphatic rings. The minimum atomic E-state index is -0.301. The van der Waals surface area contributed by atoms with Crippen LogP contribution in [0.5, 0.6) is 0 Å². The third kappa shape index (κ3) is 5.83. The Labute approximate surface area is 179 Å². The van der Waals surface area contributed by atoms with Gasteiger partial charge in [-0.25, -0.2) is 0 Å². The molecule has 0 spiro atoms. The number of carbonyl (C=O) groups is 2. The fourth-order valence-corrected chi connectivity index (χ4v) is 3.48. The van der Waals surface area contributed by atoms with Crippen LogP contribution in [0, 0.1) is 0 Å². The maximum Gasteiger partial charge on any atom is 0.251 e. The van der Waals surface area contributed by atoms with E-state index in [1.807, 2.05) is 32.9 Å². The molecule has 3 rings (SSSR count). The zero-order valence-corrected chi connectivity index (χ0v) is 18.4. The van der Waals surface area contributed by atoms with E-state index in [9.17, 15) is 9.59 Å². The van der Waals surface area contributed by atoms with Gasteiger partial charge < -0.3 is 20.4 Å². The number of nitrogens with one attached hydrogen (secondary N) is 2. The van der Waals surface area contributed by atoms with Gasteiger partial charge in [-0.1, -0.05) is 18.2 Å². The second-order valence-corrected chi connectivity index (χ2v) is 8.88. The average molecular weight is 409 g/mol. The number of carbonyl (C=O) groups excluding carboxylic acids is 2. The van der Waals surface area contributed by atoms with Gasteiger partial charge in [0, 0.05) is 55.1 Å². The van der Waals surface area contributed by atoms with Crippen LogP contribution in [0.15, 0.2) is 48.5 Å². The predicted octanol–water partition coefficient (Wildman–Crippen LogP) is 2.90. The van der Waals surface area contributed by atoms with E-state index < -0.39 is 0 Å². The van der Waals surface area contributed by atoms with E-state index >= 15 is 0 Å². The fraction of sp³-hybridized carbons (Fsp3) is 0.417. The third-order valence-corrected chi connectivity index (χ3v) is 5.17. The highest BCUT2D eigenvalue weighted by molar-refractivity contribution is 5.98. The van der Waals surface area contributed by atoms with E-state index in [2.05, 4.69) is 39.6 Å². The highest BCUT2D eigenvalue weighted by Gasteiger charge is 2.18. The highest BCUT2D eigenvalue weighted by atomic mass is 16.2. The summed E-state index contributed by atoms with van der Waals surface area (Å²) in [5, 5.41) is 5.94. The van der Waals surface area contributed by atoms with Crippen molar-refractivity contribution < 1.29 is 9.59 Å². The molecule has 0 aliphatic carbocycles. The first-order valence-corrected chi connectivity index (χ1v) is 10.4. The van der Waals surface area contributed by atoms with Crippen molar-refractivity contribution in [2.45, 2.75) is 32.9 Å². The molecular formula is C24H32N4O2. The summed E-state index contributed by atoms with van der Waals surface area (Å²) < 4.78 is 0. The van der Waals surface area contributed by atoms with Gasteiger partial charge in [-0.3, -0.25) is 9.59 Å². The van der Waals surface area contributed by atoms with E-state index in [-0.39, 0.29) is 17.4 Å². The molecule has 0 unspecified atom stereocenters. The second kappa shape index (κ2) is 9.30. The van der Waals surface area contributed by atoms with E-state index in [0.29, 0.717) is 17.7 Å². The van der Waals surface area contributed by atoms with Gasteiger partial charge in [0.25, 0.3) is 11.8 Å². The fourth-order valence-electron chi connectivity index (χ4n) is 3.48. The van der Waals surface area contributed by atoms with Gasteiger partial charge in [0.15, 0.2) is 0 Å². The number of hydrogen-bond acceptors (Lipinski definition) is 4. The predicted molar refractivity (Wildman–Crippen MR) is 121 cm³/mol. The lowest BCUT2D eigenvalue weighted by molar-refractivity contribution is 0.0915. The van der Waals surface area contributed by atoms with Crippen LogP contribution < -0.4 is 15.5 Å². The van der Waals surface area contributed by atoms with Crippen LogP contribution in [-0.4, -0.2) is 55.5 Å². The first-order valence-electron chi connectivity index (χ1n) is 10.4. The van der Waals surface area contributed by atoms with Crippen molar-refractivity contribution in [2.75, 3.05) is 38.1 Å². The first kappa shape index (κ1) is 21.8. The summed E-state index contributed by atoms with van der Waals surface area (Å²) in [5.74, 6) is -0.290. The van der Waals surface area contributed by atoms with Crippen molar-refractivity contribution in [1.29, 1.82) is 0 Å². The molecule has 0 bridgehead atoms. The third-order valence-electron chi connectivity index (χ3n) is 5.17. The molecule has 2 N–H and O–H groups in total. The summed E-state index contributed by atoms with van der Waals surface area (Å²) in [6.45, 7) is 10.3. The van der Waals surface area contributed by atoms with Gasteiger partial charge >= 0.3 is 0 Å². The molecule has 0 aromatic heterocycles. The van der Waals surface area contributed by atoms with Gasteiger partial charge in [-0.2, -0.15) is 0 Å². The van der Waals surface area contributed by atoms with Gasteiger partial charge in [0.05, 0.1) is 0 Å². The number of amides is 2. The van der Waals surface area contributed by atoms with Gasteiger partial charge in [0.1, 0.15) is 0 Å². The Balaban J connectivity index is 1.62. The summed E-state index contributed by atoms with van der Waals surface area (Å²) in [5.41, 5.74) is 3.07. The van der Waals surface area contributed by atoms with Crippen LogP contribution in [-0.2, 0) is 6.54 Å². The van der Waals surface area contributed by atoms with Crippen molar-refractivity contribution in [3.8, 4) is 0 Å². The van der Waals surface area contributed by atoms with Crippen molar-refractivity contribution in [1.82, 2.24) is 15.5 Å². The molecule has 0 radical (unpaired) electrons. The summed E-state index contributed by atoms with van der Waals surface area (Å²) in [7, 11) is 2.14. The second-order valence-electron chi connectivity index (χ2n) is 8.88. The molecule has 1 fully saturated rings. The van der Waals surface area contributed by atoms with Crippen molar-refractivity contribution in [3.63, 3.8) is 0 Å². The number of nitrogens with zero attached hydrogens (tertiary/aromatic N) is 2. The van der Waals surface area contributed by atoms with Crippen molar-refractivity contribution in [2.24, 2.45) is 0 Å². The maximum atomic E-state index is 12.6. The zero-order chi connectivity index (χ0) is 21.7. The topological polar surface area (TPSA) is 64.7 Å². The highest BCUT2D eigenvalue weighted by Crippen LogP contribution is 2.21. The van der Waals surface area contributed by atoms with E-state index in [0.717, 1.165) is 31.7 Å². The Morgan fingerprint density at radius 1 is 0.867 bits per heavy atom. The normalized spacial score (nSPS) is 15.0. The lowest BCUT2D eigenvalue weighted by Gasteiger charge is -2.35. The summed E-state index contributed by atoms with van der Waals surface area (Å²) in [6, 6.07) is 15.0. The molecule has 6 heteroatoms. The molecule has 1 saturated heterocycles. The lowest BCUT2D eigenvalue weighted by Crippen LogP contribution is -2.45. The lowest BCUT2D eigenvalue weighted by atomic mass is 10.1. The minimum absolute atomic E-state index is 0.143. The smallest absolute Gasteiger partial charge is 0.251 e. The molecule has 160 valence electrons. The number of benzene rings is 2. The summed E-state index contributed by atoms with van der Waals surface area (Å²) in [4.78, 5) is 29.6. The standard InChI is InChI=1S/C24H32N4O2/c1-24(2,3)26-23(30)19-11-9-18(10-12-19)22(29)25-17-20-7-5-6-8-21(20)28-15-13-27(4)14-16-28/h5-12H,13-17H2,1-4H3,(H,25,29)(H,26,30). The molecule has 1 aliphatic heterocycles. The van der Waals surface area contributed by atoms with Crippen molar-refractivity contribution >= 4 is 17.5 Å². The van der Waals surface area contributed by atoms with Gasteiger partial charge in [-0.15, -0.1) is 0 Å². The summed E-state index contributed by atoms with van der Waals surface area (Å²) in [6.07, 6.45) is 0. The minimum Gasteiger partial charge on any atom is -0.369 e. The van der Waals surface area contributed by atoms with Crippen LogP contribution in [0.2, 0.25) is 0 Å². The molecule has 6 nitrogen and oxygen atoms in total. The Kier molecular flexibility index (Phi) is 6.77. The Morgan fingerprint density at radius 3 is 2.03 bits per heavy atom. The molecule has 1 heterocycles. The van der Waals surface area contributed by atoms with Gasteiger partial charge in [0.2, 0.25) is 0 Å². The molecule has 30 heavy (non-hydrogen) atoms. The Hall–Kier alpha value is -2.86. The quantitative estimate of drug-likeness (QED) is 0.799. The molecule has 0 atom stereocenters. The molecule has 2 amide bonds. The van der Waals surface area contributed by atoms with E-state index in [1.165, 1.54) is 5.69 Å². The Morgan fingerprint density at radius 2 is 1.43 bits per heavy atom. The first-order chi connectivity index (χ1) is 14.2. The van der Waals surface area contributed by atoms with E-state index in [1.54, 1.807) is 24.3 Å². The van der Waals surface area contributed by atoms with Crippen LogP contribution in [0.25, 0.3) is 0 Å². The van der Waals surface area contributed by atoms with Crippen LogP contribution in [0.4, 0.5) is 5.69 Å². The number of rotatable bonds is 5. The summed E-state index contributed by atoms with van der Waals surface area (Å²) >= 11 is 0. The number of para-hydroxylation sites is 1. The monoisotopic (exact) mass is 408 g/mol. The number of anilines is 1. The number of likely N-dealkylation sites (N-methyl/N-ethyl adjacent to an activating group) is 1. The van der Waals surface area contributed by atoms with Gasteiger partial charge in [-0.05, 0) is 63.7 Å². The van der Waals surface area contributed by atoms with E-state index in [4.69, 9.17) is 0 Å². The molecular weight excluding hydrogens is 376 g/mol. The number of piperazine rings is 1. The number of hydrogen-bond donors (Lipinski definition) is 2. The molecule has 2 aromatic carbocycles. The van der Waals surface area contributed by atoms with Crippen LogP contribution in [0.1, 0.15) is 47.1 Å². The van der Waals surface area contributed by atoms with Crippen molar-refractivity contribution in [3.05, 3.63) is 65.2 Å². The largest absolute Gasteiger partial charge is 0.369 e. The maximum absolute atomic E-state index is 12.6. The van der Waals surface area contributed by atoms with Crippen LogP contribution in [0.3, 0.4) is 0 Å². The SMILES string of the molecule is CN1CCN(c2ccccc2CNC(=O)c2ccc(C(=O)NC(C)(C)C)cc2)CC1. The Bertz CT molecular complexity index is 879. The molecule has 0 saturated carbocycles.